The van der Waals surface area contributed by atoms with Crippen LogP contribution in [0.25, 0.3) is 10.2 Å². The third kappa shape index (κ3) is 2.77. The van der Waals surface area contributed by atoms with Crippen molar-refractivity contribution < 1.29 is 4.79 Å². The average molecular weight is 320 g/mol. The van der Waals surface area contributed by atoms with Gasteiger partial charge in [0.2, 0.25) is 5.91 Å². The molecule has 0 aromatic carbocycles. The van der Waals surface area contributed by atoms with E-state index >= 15 is 0 Å². The number of fused-ring (bicyclic) bond motifs is 3. The average Bonchev–Trinajstić information content (AvgIpc) is 2.89. The first-order valence-electron chi connectivity index (χ1n) is 7.77. The number of amides is 1. The van der Waals surface area contributed by atoms with Crippen molar-refractivity contribution in [1.29, 1.82) is 0 Å². The summed E-state index contributed by atoms with van der Waals surface area (Å²) in [5.41, 5.74) is 0.936. The minimum Gasteiger partial charge on any atom is -0.352 e. The molecule has 22 heavy (non-hydrogen) atoms. The van der Waals surface area contributed by atoms with E-state index in [9.17, 15) is 9.59 Å². The number of hydrogen-bond acceptors (Lipinski definition) is 5. The van der Waals surface area contributed by atoms with Crippen LogP contribution in [0.15, 0.2) is 4.79 Å². The van der Waals surface area contributed by atoms with Crippen LogP contribution >= 0.6 is 11.3 Å². The Morgan fingerprint density at radius 1 is 1.41 bits per heavy atom. The SMILES string of the molecule is CC[C@@H](C)NC(=O)Cn1nnc2sc3c(c2c1=O)CCCC3. The minimum atomic E-state index is -0.200. The highest BCUT2D eigenvalue weighted by Gasteiger charge is 2.21. The Kier molecular flexibility index (Phi) is 4.24. The summed E-state index contributed by atoms with van der Waals surface area (Å²) in [5.74, 6) is -0.200. The predicted molar refractivity (Wildman–Crippen MR) is 86.2 cm³/mol. The maximum Gasteiger partial charge on any atom is 0.279 e. The summed E-state index contributed by atoms with van der Waals surface area (Å²) >= 11 is 1.57. The van der Waals surface area contributed by atoms with E-state index in [0.29, 0.717) is 10.2 Å². The Labute approximate surface area is 132 Å². The van der Waals surface area contributed by atoms with Crippen molar-refractivity contribution in [2.24, 2.45) is 0 Å². The molecule has 1 atom stereocenters. The largest absolute Gasteiger partial charge is 0.352 e. The Balaban J connectivity index is 1.93. The monoisotopic (exact) mass is 320 g/mol. The van der Waals surface area contributed by atoms with Gasteiger partial charge in [0.1, 0.15) is 6.54 Å². The fourth-order valence-corrected chi connectivity index (χ4v) is 3.97. The highest BCUT2D eigenvalue weighted by Crippen LogP contribution is 2.32. The van der Waals surface area contributed by atoms with Crippen LogP contribution in [0.4, 0.5) is 0 Å². The van der Waals surface area contributed by atoms with Gasteiger partial charge in [-0.15, -0.1) is 16.4 Å². The number of thiophene rings is 1. The number of hydrogen-bond donors (Lipinski definition) is 1. The molecule has 6 nitrogen and oxygen atoms in total. The number of carbonyl (C=O) groups is 1. The van der Waals surface area contributed by atoms with E-state index in [-0.39, 0.29) is 24.1 Å². The van der Waals surface area contributed by atoms with Crippen molar-refractivity contribution in [3.63, 3.8) is 0 Å². The maximum absolute atomic E-state index is 12.6. The third-order valence-corrected chi connectivity index (χ3v) is 5.33. The number of carbonyl (C=O) groups excluding carboxylic acids is 1. The summed E-state index contributed by atoms with van der Waals surface area (Å²) in [6.45, 7) is 3.86. The molecule has 0 spiro atoms. The molecule has 1 amide bonds. The smallest absolute Gasteiger partial charge is 0.279 e. The molecule has 118 valence electrons. The summed E-state index contributed by atoms with van der Waals surface area (Å²) in [6, 6.07) is 0.0915. The Hall–Kier alpha value is -1.76. The van der Waals surface area contributed by atoms with Gasteiger partial charge in [0.05, 0.1) is 5.39 Å². The molecule has 0 bridgehead atoms. The number of aromatic nitrogens is 3. The van der Waals surface area contributed by atoms with Gasteiger partial charge in [0.25, 0.3) is 5.56 Å². The zero-order valence-electron chi connectivity index (χ0n) is 12.9. The van der Waals surface area contributed by atoms with Crippen molar-refractivity contribution in [2.45, 2.75) is 58.5 Å². The number of rotatable bonds is 4. The van der Waals surface area contributed by atoms with Gasteiger partial charge in [-0.1, -0.05) is 12.1 Å². The van der Waals surface area contributed by atoms with E-state index in [1.807, 2.05) is 13.8 Å². The molecule has 0 fully saturated rings. The lowest BCUT2D eigenvalue weighted by atomic mass is 9.97. The minimum absolute atomic E-state index is 0.0727. The Morgan fingerprint density at radius 2 is 2.18 bits per heavy atom. The van der Waals surface area contributed by atoms with Gasteiger partial charge in [-0.05, 0) is 44.6 Å². The first-order chi connectivity index (χ1) is 10.6. The number of aryl methyl sites for hydroxylation is 2. The van der Waals surface area contributed by atoms with Crippen molar-refractivity contribution in [2.75, 3.05) is 0 Å². The van der Waals surface area contributed by atoms with Gasteiger partial charge in [0, 0.05) is 10.9 Å². The Bertz CT molecular complexity index is 765. The van der Waals surface area contributed by atoms with E-state index in [2.05, 4.69) is 15.6 Å². The highest BCUT2D eigenvalue weighted by atomic mass is 32.1. The lowest BCUT2D eigenvalue weighted by molar-refractivity contribution is -0.122. The van der Waals surface area contributed by atoms with Crippen LogP contribution in [0.1, 0.15) is 43.6 Å². The molecule has 3 rings (SSSR count). The fraction of sp³-hybridized carbons (Fsp3) is 0.600. The van der Waals surface area contributed by atoms with Crippen molar-refractivity contribution >= 4 is 27.5 Å². The van der Waals surface area contributed by atoms with Crippen molar-refractivity contribution in [3.05, 3.63) is 20.8 Å². The molecule has 1 N–H and O–H groups in total. The highest BCUT2D eigenvalue weighted by molar-refractivity contribution is 7.18. The summed E-state index contributed by atoms with van der Waals surface area (Å²) in [4.78, 5) is 26.6. The van der Waals surface area contributed by atoms with Crippen LogP contribution in [0.2, 0.25) is 0 Å². The number of nitrogens with one attached hydrogen (secondary N) is 1. The summed E-state index contributed by atoms with van der Waals surface area (Å²) in [5, 5.41) is 11.6. The van der Waals surface area contributed by atoms with Crippen LogP contribution in [0, 0.1) is 0 Å². The first-order valence-corrected chi connectivity index (χ1v) is 8.59. The van der Waals surface area contributed by atoms with Crippen molar-refractivity contribution in [3.8, 4) is 0 Å². The van der Waals surface area contributed by atoms with Gasteiger partial charge in [-0.3, -0.25) is 9.59 Å². The summed E-state index contributed by atoms with van der Waals surface area (Å²) < 4.78 is 1.18. The second kappa shape index (κ2) is 6.16. The van der Waals surface area contributed by atoms with Crippen LogP contribution in [0.5, 0.6) is 0 Å². The van der Waals surface area contributed by atoms with Crippen LogP contribution in [-0.4, -0.2) is 26.9 Å². The van der Waals surface area contributed by atoms with E-state index in [0.717, 1.165) is 31.2 Å². The summed E-state index contributed by atoms with van der Waals surface area (Å²) in [6.07, 6.45) is 5.07. The first kappa shape index (κ1) is 15.1. The zero-order chi connectivity index (χ0) is 15.7. The van der Waals surface area contributed by atoms with E-state index in [1.165, 1.54) is 16.0 Å². The molecule has 2 heterocycles. The molecule has 2 aromatic rings. The normalized spacial score (nSPS) is 15.5. The van der Waals surface area contributed by atoms with E-state index in [4.69, 9.17) is 0 Å². The Morgan fingerprint density at radius 3 is 2.95 bits per heavy atom. The molecular formula is C15H20N4O2S. The molecule has 0 saturated carbocycles. The lowest BCUT2D eigenvalue weighted by Gasteiger charge is -2.12. The van der Waals surface area contributed by atoms with Gasteiger partial charge in [-0.25, -0.2) is 4.68 Å². The van der Waals surface area contributed by atoms with Gasteiger partial charge in [-0.2, -0.15) is 0 Å². The molecule has 0 saturated heterocycles. The van der Waals surface area contributed by atoms with E-state index in [1.54, 1.807) is 11.3 Å². The topological polar surface area (TPSA) is 76.9 Å². The molecular weight excluding hydrogens is 300 g/mol. The molecule has 7 heteroatoms. The standard InChI is InChI=1S/C15H20N4O2S/c1-3-9(2)16-12(20)8-19-15(21)13-10-6-4-5-7-11(10)22-14(13)17-18-19/h9H,3-8H2,1-2H3,(H,16,20)/t9-/m1/s1. The molecule has 2 aromatic heterocycles. The van der Waals surface area contributed by atoms with Crippen LogP contribution in [-0.2, 0) is 24.2 Å². The molecule has 1 aliphatic carbocycles. The van der Waals surface area contributed by atoms with Gasteiger partial charge < -0.3 is 5.32 Å². The van der Waals surface area contributed by atoms with Crippen molar-refractivity contribution in [1.82, 2.24) is 20.3 Å². The molecule has 0 unspecified atom stereocenters. The van der Waals surface area contributed by atoms with Crippen LogP contribution < -0.4 is 10.9 Å². The predicted octanol–water partition coefficient (Wildman–Crippen LogP) is 1.65. The third-order valence-electron chi connectivity index (χ3n) is 4.16. The number of nitrogens with zero attached hydrogens (tertiary/aromatic N) is 3. The molecule has 0 aliphatic heterocycles. The molecule has 0 radical (unpaired) electrons. The lowest BCUT2D eigenvalue weighted by Crippen LogP contribution is -2.38. The quantitative estimate of drug-likeness (QED) is 0.929. The van der Waals surface area contributed by atoms with E-state index < -0.39 is 0 Å². The van der Waals surface area contributed by atoms with Gasteiger partial charge in [0.15, 0.2) is 4.83 Å². The molecule has 1 aliphatic rings. The van der Waals surface area contributed by atoms with Crippen LogP contribution in [0.3, 0.4) is 0 Å². The maximum atomic E-state index is 12.6. The second-order valence-corrected chi connectivity index (χ2v) is 6.90. The zero-order valence-corrected chi connectivity index (χ0v) is 13.7. The summed E-state index contributed by atoms with van der Waals surface area (Å²) in [7, 11) is 0. The fourth-order valence-electron chi connectivity index (χ4n) is 2.77. The second-order valence-electron chi connectivity index (χ2n) is 5.82. The van der Waals surface area contributed by atoms with Gasteiger partial charge >= 0.3 is 0 Å².